The number of carbonyl (C=O) groups excluding carboxylic acids is 1. The molecular formula is C15H17FN4O. The van der Waals surface area contributed by atoms with Crippen LogP contribution < -0.4 is 11.1 Å². The monoisotopic (exact) mass is 288 g/mol. The molecule has 2 rings (SSSR count). The molecule has 1 heterocycles. The lowest BCUT2D eigenvalue weighted by Crippen LogP contribution is -2.18. The van der Waals surface area contributed by atoms with Gasteiger partial charge in [0.2, 0.25) is 0 Å². The maximum atomic E-state index is 13.1. The van der Waals surface area contributed by atoms with Crippen LogP contribution in [-0.4, -0.2) is 15.9 Å². The molecule has 3 N–H and O–H groups in total. The smallest absolute Gasteiger partial charge is 0.276 e. The van der Waals surface area contributed by atoms with Crippen LogP contribution in [0.25, 0.3) is 0 Å². The number of anilines is 2. The first-order valence-corrected chi connectivity index (χ1v) is 6.58. The van der Waals surface area contributed by atoms with E-state index in [1.807, 2.05) is 13.8 Å². The van der Waals surface area contributed by atoms with Crippen LogP contribution in [0.2, 0.25) is 0 Å². The number of hydrogen-bond donors (Lipinski definition) is 2. The summed E-state index contributed by atoms with van der Waals surface area (Å²) in [5.74, 6) is -0.157. The molecule has 1 aromatic heterocycles. The number of benzene rings is 1. The number of nitrogens with zero attached hydrogens (tertiary/aromatic N) is 2. The van der Waals surface area contributed by atoms with Gasteiger partial charge in [-0.2, -0.15) is 0 Å². The van der Waals surface area contributed by atoms with E-state index >= 15 is 0 Å². The highest BCUT2D eigenvalue weighted by molar-refractivity contribution is 6.06. The van der Waals surface area contributed by atoms with Gasteiger partial charge in [0.1, 0.15) is 11.6 Å². The summed E-state index contributed by atoms with van der Waals surface area (Å²) in [7, 11) is 0. The second kappa shape index (κ2) is 5.87. The zero-order valence-corrected chi connectivity index (χ0v) is 12.1. The lowest BCUT2D eigenvalue weighted by Gasteiger charge is -2.11. The van der Waals surface area contributed by atoms with Crippen LogP contribution in [0.1, 0.15) is 41.6 Å². The number of carbonyl (C=O) groups is 1. The third-order valence-electron chi connectivity index (χ3n) is 3.00. The topological polar surface area (TPSA) is 80.9 Å². The number of nitrogen functional groups attached to an aromatic ring is 1. The van der Waals surface area contributed by atoms with E-state index in [1.165, 1.54) is 24.4 Å². The van der Waals surface area contributed by atoms with Crippen LogP contribution in [-0.2, 0) is 0 Å². The third-order valence-corrected chi connectivity index (χ3v) is 3.00. The van der Waals surface area contributed by atoms with Crippen molar-refractivity contribution >= 4 is 17.3 Å². The van der Waals surface area contributed by atoms with Crippen molar-refractivity contribution in [3.63, 3.8) is 0 Å². The van der Waals surface area contributed by atoms with Crippen LogP contribution in [0, 0.1) is 12.7 Å². The van der Waals surface area contributed by atoms with E-state index in [0.717, 1.165) is 0 Å². The van der Waals surface area contributed by atoms with E-state index in [9.17, 15) is 9.18 Å². The molecule has 0 atom stereocenters. The number of nitrogens with one attached hydrogen (secondary N) is 1. The Bertz CT molecular complexity index is 685. The molecule has 0 radical (unpaired) electrons. The molecule has 0 fully saturated rings. The average Bonchev–Trinajstić information content (AvgIpc) is 2.42. The molecule has 0 unspecified atom stereocenters. The highest BCUT2D eigenvalue weighted by Gasteiger charge is 2.16. The average molecular weight is 288 g/mol. The minimum Gasteiger partial charge on any atom is -0.396 e. The van der Waals surface area contributed by atoms with Crippen LogP contribution in [0.5, 0.6) is 0 Å². The molecule has 110 valence electrons. The van der Waals surface area contributed by atoms with Gasteiger partial charge in [0.05, 0.1) is 11.9 Å². The number of nitrogens with two attached hydrogens (primary N) is 1. The standard InChI is InChI=1S/C15H17FN4O/c1-8(2)14-18-7-11(17)13(20-14)15(21)19-12-5-4-10(16)6-9(12)3/h4-8H,17H2,1-3H3,(H,19,21). The summed E-state index contributed by atoms with van der Waals surface area (Å²) in [5, 5.41) is 2.68. The fourth-order valence-corrected chi connectivity index (χ4v) is 1.81. The quantitative estimate of drug-likeness (QED) is 0.910. The zero-order chi connectivity index (χ0) is 15.6. The number of hydrogen-bond acceptors (Lipinski definition) is 4. The van der Waals surface area contributed by atoms with Crippen LogP contribution in [0.15, 0.2) is 24.4 Å². The van der Waals surface area contributed by atoms with Crippen molar-refractivity contribution in [2.24, 2.45) is 0 Å². The molecule has 0 saturated heterocycles. The predicted molar refractivity (Wildman–Crippen MR) is 79.6 cm³/mol. The second-order valence-corrected chi connectivity index (χ2v) is 5.10. The molecule has 5 nitrogen and oxygen atoms in total. The van der Waals surface area contributed by atoms with E-state index in [4.69, 9.17) is 5.73 Å². The Morgan fingerprint density at radius 3 is 2.71 bits per heavy atom. The summed E-state index contributed by atoms with van der Waals surface area (Å²) in [6, 6.07) is 4.13. The van der Waals surface area contributed by atoms with Gasteiger partial charge < -0.3 is 11.1 Å². The molecular weight excluding hydrogens is 271 g/mol. The number of amides is 1. The summed E-state index contributed by atoms with van der Waals surface area (Å²) < 4.78 is 13.1. The van der Waals surface area contributed by atoms with Gasteiger partial charge in [-0.05, 0) is 30.7 Å². The van der Waals surface area contributed by atoms with E-state index in [0.29, 0.717) is 17.1 Å². The SMILES string of the molecule is Cc1cc(F)ccc1NC(=O)c1nc(C(C)C)ncc1N. The Kier molecular flexibility index (Phi) is 4.16. The molecule has 1 amide bonds. The van der Waals surface area contributed by atoms with Gasteiger partial charge in [-0.3, -0.25) is 4.79 Å². The first kappa shape index (κ1) is 14.9. The molecule has 0 aliphatic carbocycles. The van der Waals surface area contributed by atoms with Gasteiger partial charge in [0.25, 0.3) is 5.91 Å². The molecule has 0 spiro atoms. The van der Waals surface area contributed by atoms with E-state index in [-0.39, 0.29) is 23.1 Å². The summed E-state index contributed by atoms with van der Waals surface area (Å²) in [5.41, 5.74) is 7.23. The first-order valence-electron chi connectivity index (χ1n) is 6.58. The lowest BCUT2D eigenvalue weighted by atomic mass is 10.2. The summed E-state index contributed by atoms with van der Waals surface area (Å²) in [6.45, 7) is 5.57. The molecule has 0 aliphatic heterocycles. The number of aryl methyl sites for hydroxylation is 1. The van der Waals surface area contributed by atoms with Crippen molar-refractivity contribution in [2.45, 2.75) is 26.7 Å². The summed E-state index contributed by atoms with van der Waals surface area (Å²) in [4.78, 5) is 20.6. The Morgan fingerprint density at radius 1 is 1.38 bits per heavy atom. The third kappa shape index (κ3) is 3.34. The largest absolute Gasteiger partial charge is 0.396 e. The van der Waals surface area contributed by atoms with Crippen molar-refractivity contribution < 1.29 is 9.18 Å². The van der Waals surface area contributed by atoms with Crippen molar-refractivity contribution in [2.75, 3.05) is 11.1 Å². The Hall–Kier alpha value is -2.50. The minimum atomic E-state index is -0.438. The fourth-order valence-electron chi connectivity index (χ4n) is 1.81. The maximum absolute atomic E-state index is 13.1. The van der Waals surface area contributed by atoms with Crippen LogP contribution in [0.4, 0.5) is 15.8 Å². The van der Waals surface area contributed by atoms with Gasteiger partial charge >= 0.3 is 0 Å². The van der Waals surface area contributed by atoms with Gasteiger partial charge in [-0.25, -0.2) is 14.4 Å². The fraction of sp³-hybridized carbons (Fsp3) is 0.267. The highest BCUT2D eigenvalue weighted by atomic mass is 19.1. The number of aromatic nitrogens is 2. The van der Waals surface area contributed by atoms with Crippen LogP contribution >= 0.6 is 0 Å². The van der Waals surface area contributed by atoms with Gasteiger partial charge in [0, 0.05) is 11.6 Å². The molecule has 0 aliphatic rings. The molecule has 0 bridgehead atoms. The Labute approximate surface area is 122 Å². The molecule has 0 saturated carbocycles. The number of halogens is 1. The van der Waals surface area contributed by atoms with Crippen molar-refractivity contribution in [1.29, 1.82) is 0 Å². The first-order chi connectivity index (χ1) is 9.88. The Balaban J connectivity index is 2.30. The predicted octanol–water partition coefficient (Wildman–Crippen LogP) is 2.88. The maximum Gasteiger partial charge on any atom is 0.276 e. The second-order valence-electron chi connectivity index (χ2n) is 5.10. The molecule has 21 heavy (non-hydrogen) atoms. The van der Waals surface area contributed by atoms with Crippen LogP contribution in [0.3, 0.4) is 0 Å². The lowest BCUT2D eigenvalue weighted by molar-refractivity contribution is 0.102. The van der Waals surface area contributed by atoms with Crippen molar-refractivity contribution in [1.82, 2.24) is 9.97 Å². The Morgan fingerprint density at radius 2 is 2.10 bits per heavy atom. The van der Waals surface area contributed by atoms with Gasteiger partial charge in [-0.1, -0.05) is 13.8 Å². The normalized spacial score (nSPS) is 10.7. The van der Waals surface area contributed by atoms with Gasteiger partial charge in [0.15, 0.2) is 5.69 Å². The zero-order valence-electron chi connectivity index (χ0n) is 12.1. The summed E-state index contributed by atoms with van der Waals surface area (Å²) >= 11 is 0. The summed E-state index contributed by atoms with van der Waals surface area (Å²) in [6.07, 6.45) is 1.43. The molecule has 1 aromatic carbocycles. The van der Waals surface area contributed by atoms with E-state index in [2.05, 4.69) is 15.3 Å². The molecule has 2 aromatic rings. The van der Waals surface area contributed by atoms with E-state index < -0.39 is 5.91 Å². The number of rotatable bonds is 3. The molecule has 6 heteroatoms. The van der Waals surface area contributed by atoms with Gasteiger partial charge in [-0.15, -0.1) is 0 Å². The highest BCUT2D eigenvalue weighted by Crippen LogP contribution is 2.19. The van der Waals surface area contributed by atoms with E-state index in [1.54, 1.807) is 6.92 Å². The van der Waals surface area contributed by atoms with Crippen molar-refractivity contribution in [3.05, 3.63) is 47.3 Å². The van der Waals surface area contributed by atoms with Crippen molar-refractivity contribution in [3.8, 4) is 0 Å². The minimum absolute atomic E-state index is 0.0877.